The van der Waals surface area contributed by atoms with Gasteiger partial charge in [0, 0.05) is 10.0 Å². The van der Waals surface area contributed by atoms with E-state index in [0.717, 1.165) is 15.6 Å². The van der Waals surface area contributed by atoms with Crippen molar-refractivity contribution >= 4 is 15.9 Å². The Kier molecular flexibility index (Phi) is 4.36. The van der Waals surface area contributed by atoms with Crippen LogP contribution in [-0.4, -0.2) is 12.2 Å². The number of aliphatic hydroxyl groups is 1. The average molecular weight is 271 g/mol. The number of methoxy groups -OCH3 is 1. The highest BCUT2D eigenvalue weighted by Crippen LogP contribution is 2.29. The molecule has 2 nitrogen and oxygen atoms in total. The highest BCUT2D eigenvalue weighted by molar-refractivity contribution is 9.10. The molecule has 82 valence electrons. The molecule has 0 aliphatic rings. The molecule has 0 radical (unpaired) electrons. The number of halogens is 1. The zero-order valence-corrected chi connectivity index (χ0v) is 10.7. The van der Waals surface area contributed by atoms with Crippen molar-refractivity contribution in [3.63, 3.8) is 0 Å². The van der Waals surface area contributed by atoms with Crippen LogP contribution in [0, 0.1) is 0 Å². The Morgan fingerprint density at radius 2 is 2.13 bits per heavy atom. The van der Waals surface area contributed by atoms with Crippen LogP contribution in [0.3, 0.4) is 0 Å². The SMILES string of the molecule is COc1cc(Br)ccc1C(O)C=C(C)C. The van der Waals surface area contributed by atoms with Crippen LogP contribution in [0.4, 0.5) is 0 Å². The molecule has 0 amide bonds. The van der Waals surface area contributed by atoms with Gasteiger partial charge < -0.3 is 9.84 Å². The summed E-state index contributed by atoms with van der Waals surface area (Å²) in [5.74, 6) is 0.689. The summed E-state index contributed by atoms with van der Waals surface area (Å²) in [6.45, 7) is 3.91. The predicted octanol–water partition coefficient (Wildman–Crippen LogP) is 3.46. The smallest absolute Gasteiger partial charge is 0.126 e. The maximum Gasteiger partial charge on any atom is 0.126 e. The van der Waals surface area contributed by atoms with Crippen LogP contribution < -0.4 is 4.74 Å². The van der Waals surface area contributed by atoms with Crippen LogP contribution >= 0.6 is 15.9 Å². The molecule has 0 fully saturated rings. The van der Waals surface area contributed by atoms with Crippen LogP contribution in [0.25, 0.3) is 0 Å². The topological polar surface area (TPSA) is 29.5 Å². The van der Waals surface area contributed by atoms with Gasteiger partial charge in [-0.05, 0) is 26.0 Å². The molecular formula is C12H15BrO2. The van der Waals surface area contributed by atoms with Gasteiger partial charge in [0.1, 0.15) is 11.9 Å². The second kappa shape index (κ2) is 5.33. The maximum absolute atomic E-state index is 9.92. The lowest BCUT2D eigenvalue weighted by Crippen LogP contribution is -1.98. The fourth-order valence-corrected chi connectivity index (χ4v) is 1.67. The summed E-state index contributed by atoms with van der Waals surface area (Å²) in [4.78, 5) is 0. The molecule has 0 saturated heterocycles. The third kappa shape index (κ3) is 3.36. The monoisotopic (exact) mass is 270 g/mol. The molecule has 15 heavy (non-hydrogen) atoms. The molecule has 0 aliphatic carbocycles. The van der Waals surface area contributed by atoms with E-state index in [2.05, 4.69) is 15.9 Å². The van der Waals surface area contributed by atoms with E-state index in [1.165, 1.54) is 0 Å². The molecule has 0 spiro atoms. The summed E-state index contributed by atoms with van der Waals surface area (Å²) in [6.07, 6.45) is 1.18. The fourth-order valence-electron chi connectivity index (χ4n) is 1.33. The highest BCUT2D eigenvalue weighted by Gasteiger charge is 2.10. The van der Waals surface area contributed by atoms with Gasteiger partial charge in [-0.25, -0.2) is 0 Å². The lowest BCUT2D eigenvalue weighted by Gasteiger charge is -2.12. The van der Waals surface area contributed by atoms with E-state index < -0.39 is 6.10 Å². The van der Waals surface area contributed by atoms with E-state index in [1.54, 1.807) is 13.2 Å². The van der Waals surface area contributed by atoms with Gasteiger partial charge in [-0.3, -0.25) is 0 Å². The minimum atomic E-state index is -0.613. The van der Waals surface area contributed by atoms with Gasteiger partial charge in [0.25, 0.3) is 0 Å². The summed E-state index contributed by atoms with van der Waals surface area (Å²) in [5.41, 5.74) is 1.86. The van der Waals surface area contributed by atoms with E-state index in [0.29, 0.717) is 5.75 Å². The molecule has 1 aromatic carbocycles. The molecular weight excluding hydrogens is 256 g/mol. The van der Waals surface area contributed by atoms with Crippen molar-refractivity contribution in [2.24, 2.45) is 0 Å². The van der Waals surface area contributed by atoms with Crippen molar-refractivity contribution in [2.45, 2.75) is 20.0 Å². The molecule has 1 unspecified atom stereocenters. The zero-order chi connectivity index (χ0) is 11.4. The lowest BCUT2D eigenvalue weighted by atomic mass is 10.1. The van der Waals surface area contributed by atoms with Gasteiger partial charge in [0.15, 0.2) is 0 Å². The highest BCUT2D eigenvalue weighted by atomic mass is 79.9. The van der Waals surface area contributed by atoms with Gasteiger partial charge in [-0.15, -0.1) is 0 Å². The number of benzene rings is 1. The van der Waals surface area contributed by atoms with Crippen LogP contribution in [-0.2, 0) is 0 Å². The summed E-state index contributed by atoms with van der Waals surface area (Å²) >= 11 is 3.36. The minimum Gasteiger partial charge on any atom is -0.496 e. The Morgan fingerprint density at radius 3 is 2.67 bits per heavy atom. The van der Waals surface area contributed by atoms with E-state index in [1.807, 2.05) is 32.0 Å². The van der Waals surface area contributed by atoms with Crippen molar-refractivity contribution in [3.8, 4) is 5.75 Å². The van der Waals surface area contributed by atoms with Crippen LogP contribution in [0.5, 0.6) is 5.75 Å². The summed E-state index contributed by atoms with van der Waals surface area (Å²) in [6, 6.07) is 5.59. The Morgan fingerprint density at radius 1 is 1.47 bits per heavy atom. The normalized spacial score (nSPS) is 12.1. The largest absolute Gasteiger partial charge is 0.496 e. The summed E-state index contributed by atoms with van der Waals surface area (Å²) in [5, 5.41) is 9.92. The van der Waals surface area contributed by atoms with Gasteiger partial charge in [-0.2, -0.15) is 0 Å². The first-order valence-electron chi connectivity index (χ1n) is 4.71. The van der Waals surface area contributed by atoms with Gasteiger partial charge >= 0.3 is 0 Å². The molecule has 1 rings (SSSR count). The predicted molar refractivity (Wildman–Crippen MR) is 65.1 cm³/mol. The third-order valence-corrected chi connectivity index (χ3v) is 2.50. The first-order valence-corrected chi connectivity index (χ1v) is 5.50. The summed E-state index contributed by atoms with van der Waals surface area (Å²) in [7, 11) is 1.60. The second-order valence-corrected chi connectivity index (χ2v) is 4.49. The van der Waals surface area contributed by atoms with Crippen molar-refractivity contribution in [2.75, 3.05) is 7.11 Å². The Labute approximate surface area is 98.7 Å². The Bertz CT molecular complexity index is 368. The van der Waals surface area contributed by atoms with Gasteiger partial charge in [0.2, 0.25) is 0 Å². The number of allylic oxidation sites excluding steroid dienone is 1. The van der Waals surface area contributed by atoms with Crippen molar-refractivity contribution < 1.29 is 9.84 Å². The van der Waals surface area contributed by atoms with Gasteiger partial charge in [-0.1, -0.05) is 33.6 Å². The standard InChI is InChI=1S/C12H15BrO2/c1-8(2)6-11(14)10-5-4-9(13)7-12(10)15-3/h4-7,11,14H,1-3H3. The molecule has 1 atom stereocenters. The molecule has 0 heterocycles. The average Bonchev–Trinajstić information content (AvgIpc) is 2.16. The molecule has 0 aliphatic heterocycles. The van der Waals surface area contributed by atoms with E-state index in [9.17, 15) is 5.11 Å². The van der Waals surface area contributed by atoms with Crippen molar-refractivity contribution in [3.05, 3.63) is 39.9 Å². The van der Waals surface area contributed by atoms with E-state index in [4.69, 9.17) is 4.74 Å². The van der Waals surface area contributed by atoms with E-state index >= 15 is 0 Å². The number of hydrogen-bond donors (Lipinski definition) is 1. The molecule has 1 N–H and O–H groups in total. The van der Waals surface area contributed by atoms with Crippen molar-refractivity contribution in [1.29, 1.82) is 0 Å². The van der Waals surface area contributed by atoms with Crippen LogP contribution in [0.1, 0.15) is 25.5 Å². The Balaban J connectivity index is 3.08. The first kappa shape index (κ1) is 12.3. The molecule has 1 aromatic rings. The zero-order valence-electron chi connectivity index (χ0n) is 9.12. The number of hydrogen-bond acceptors (Lipinski definition) is 2. The molecule has 3 heteroatoms. The molecule has 0 aromatic heterocycles. The molecule has 0 bridgehead atoms. The van der Waals surface area contributed by atoms with Crippen LogP contribution in [0.2, 0.25) is 0 Å². The number of rotatable bonds is 3. The number of aliphatic hydroxyl groups excluding tert-OH is 1. The fraction of sp³-hybridized carbons (Fsp3) is 0.333. The number of ether oxygens (including phenoxy) is 1. The van der Waals surface area contributed by atoms with Crippen molar-refractivity contribution in [1.82, 2.24) is 0 Å². The third-order valence-electron chi connectivity index (χ3n) is 2.01. The van der Waals surface area contributed by atoms with Crippen LogP contribution in [0.15, 0.2) is 34.3 Å². The quantitative estimate of drug-likeness (QED) is 0.853. The second-order valence-electron chi connectivity index (χ2n) is 3.58. The first-order chi connectivity index (χ1) is 7.04. The molecule has 0 saturated carbocycles. The minimum absolute atomic E-state index is 0.613. The summed E-state index contributed by atoms with van der Waals surface area (Å²) < 4.78 is 6.15. The Hall–Kier alpha value is -0.800. The van der Waals surface area contributed by atoms with E-state index in [-0.39, 0.29) is 0 Å². The maximum atomic E-state index is 9.92. The van der Waals surface area contributed by atoms with Gasteiger partial charge in [0.05, 0.1) is 7.11 Å². The lowest BCUT2D eigenvalue weighted by molar-refractivity contribution is 0.222.